The Labute approximate surface area is 106 Å². The number of amides is 1. The topological polar surface area (TPSA) is 60.3 Å². The summed E-state index contributed by atoms with van der Waals surface area (Å²) in [6.07, 6.45) is 3.31. The second-order valence-corrected chi connectivity index (χ2v) is 3.79. The van der Waals surface area contributed by atoms with Crippen molar-refractivity contribution in [3.05, 3.63) is 36.2 Å². The zero-order chi connectivity index (χ0) is 13.5. The molecule has 1 rings (SSSR count). The van der Waals surface area contributed by atoms with Gasteiger partial charge in [0, 0.05) is 12.7 Å². The fourth-order valence-electron chi connectivity index (χ4n) is 1.59. The molecule has 0 spiro atoms. The highest BCUT2D eigenvalue weighted by Gasteiger charge is 2.17. The highest BCUT2D eigenvalue weighted by Crippen LogP contribution is 2.11. The Morgan fingerprint density at radius 3 is 2.89 bits per heavy atom. The van der Waals surface area contributed by atoms with Gasteiger partial charge >= 0.3 is 5.97 Å². The first-order valence-corrected chi connectivity index (χ1v) is 5.80. The summed E-state index contributed by atoms with van der Waals surface area (Å²) < 4.78 is 6.55. The number of hydrogen-bond acceptors (Lipinski definition) is 3. The molecular weight excluding hydrogens is 232 g/mol. The third kappa shape index (κ3) is 3.48. The fourth-order valence-corrected chi connectivity index (χ4v) is 1.59. The molecule has 1 aromatic heterocycles. The number of carbonyl (C=O) groups excluding carboxylic acids is 2. The second-order valence-electron chi connectivity index (χ2n) is 3.79. The molecule has 1 N–H and O–H groups in total. The molecule has 5 nitrogen and oxygen atoms in total. The molecule has 0 aromatic carbocycles. The van der Waals surface area contributed by atoms with Gasteiger partial charge in [-0.25, -0.2) is 4.79 Å². The molecule has 98 valence electrons. The van der Waals surface area contributed by atoms with Crippen molar-refractivity contribution in [1.82, 2.24) is 9.88 Å². The molecule has 0 fully saturated rings. The Kier molecular flexibility index (Phi) is 5.17. The minimum atomic E-state index is -0.406. The lowest BCUT2D eigenvalue weighted by molar-refractivity contribution is -0.121. The van der Waals surface area contributed by atoms with E-state index in [1.807, 2.05) is 6.92 Å². The van der Waals surface area contributed by atoms with Crippen molar-refractivity contribution < 1.29 is 14.3 Å². The lowest BCUT2D eigenvalue weighted by atomic mass is 10.3. The molecule has 0 unspecified atom stereocenters. The van der Waals surface area contributed by atoms with E-state index in [4.69, 9.17) is 4.74 Å². The highest BCUT2D eigenvalue weighted by atomic mass is 16.5. The average Bonchev–Trinajstić information content (AvgIpc) is 2.68. The van der Waals surface area contributed by atoms with Crippen LogP contribution in [0.5, 0.6) is 0 Å². The zero-order valence-corrected chi connectivity index (χ0v) is 10.7. The summed E-state index contributed by atoms with van der Waals surface area (Å²) in [5.41, 5.74) is 1.22. The number of esters is 1. The summed E-state index contributed by atoms with van der Waals surface area (Å²) in [6.45, 7) is 7.89. The second kappa shape index (κ2) is 6.64. The van der Waals surface area contributed by atoms with Crippen molar-refractivity contribution >= 4 is 11.9 Å². The van der Waals surface area contributed by atoms with Gasteiger partial charge in [-0.3, -0.25) is 4.79 Å². The van der Waals surface area contributed by atoms with Crippen LogP contribution in [0.25, 0.3) is 0 Å². The summed E-state index contributed by atoms with van der Waals surface area (Å²) >= 11 is 0. The van der Waals surface area contributed by atoms with Crippen molar-refractivity contribution in [2.24, 2.45) is 0 Å². The predicted molar refractivity (Wildman–Crippen MR) is 68.3 cm³/mol. The van der Waals surface area contributed by atoms with Crippen LogP contribution in [-0.4, -0.2) is 29.6 Å². The number of rotatable bonds is 6. The van der Waals surface area contributed by atoms with E-state index in [0.717, 1.165) is 5.56 Å². The van der Waals surface area contributed by atoms with Gasteiger partial charge in [0.15, 0.2) is 0 Å². The van der Waals surface area contributed by atoms with Gasteiger partial charge in [-0.15, -0.1) is 6.58 Å². The molecule has 0 aliphatic rings. The van der Waals surface area contributed by atoms with Crippen LogP contribution in [0.15, 0.2) is 24.9 Å². The molecule has 0 bridgehead atoms. The van der Waals surface area contributed by atoms with Gasteiger partial charge in [-0.2, -0.15) is 0 Å². The molecule has 1 amide bonds. The summed E-state index contributed by atoms with van der Waals surface area (Å²) in [6, 6.07) is 1.78. The van der Waals surface area contributed by atoms with Crippen LogP contribution in [0.4, 0.5) is 0 Å². The summed E-state index contributed by atoms with van der Waals surface area (Å²) in [5.74, 6) is -0.576. The standard InChI is InChI=1S/C13H18N2O3/c1-4-7-14-11(16)9-15-8-6-10(3)12(15)13(17)18-5-2/h4,6,8H,1,5,7,9H2,2-3H3,(H,14,16). The minimum absolute atomic E-state index is 0.0931. The lowest BCUT2D eigenvalue weighted by Gasteiger charge is -2.09. The largest absolute Gasteiger partial charge is 0.461 e. The fraction of sp³-hybridized carbons (Fsp3) is 0.385. The molecule has 5 heteroatoms. The summed E-state index contributed by atoms with van der Waals surface area (Å²) in [4.78, 5) is 23.3. The number of hydrogen-bond donors (Lipinski definition) is 1. The minimum Gasteiger partial charge on any atom is -0.461 e. The molecule has 0 saturated carbocycles. The van der Waals surface area contributed by atoms with Crippen LogP contribution in [-0.2, 0) is 16.1 Å². The van der Waals surface area contributed by atoms with Crippen LogP contribution < -0.4 is 5.32 Å². The van der Waals surface area contributed by atoms with Crippen LogP contribution in [0.2, 0.25) is 0 Å². The van der Waals surface area contributed by atoms with Crippen molar-refractivity contribution in [3.63, 3.8) is 0 Å². The molecule has 0 atom stereocenters. The monoisotopic (exact) mass is 250 g/mol. The maximum absolute atomic E-state index is 11.8. The predicted octanol–water partition coefficient (Wildman–Crippen LogP) is 1.28. The van der Waals surface area contributed by atoms with Crippen LogP contribution in [0.1, 0.15) is 23.0 Å². The maximum atomic E-state index is 11.8. The molecule has 0 saturated heterocycles. The first-order chi connectivity index (χ1) is 8.60. The van der Waals surface area contributed by atoms with E-state index in [9.17, 15) is 9.59 Å². The Bertz CT molecular complexity index is 449. The summed E-state index contributed by atoms with van der Waals surface area (Å²) in [7, 11) is 0. The van der Waals surface area contributed by atoms with Crippen molar-refractivity contribution in [2.45, 2.75) is 20.4 Å². The van der Waals surface area contributed by atoms with Crippen LogP contribution in [0, 0.1) is 6.92 Å². The number of aromatic nitrogens is 1. The lowest BCUT2D eigenvalue weighted by Crippen LogP contribution is -2.28. The normalized spacial score (nSPS) is 9.89. The van der Waals surface area contributed by atoms with E-state index >= 15 is 0 Å². The van der Waals surface area contributed by atoms with Gasteiger partial charge in [-0.05, 0) is 25.5 Å². The quantitative estimate of drug-likeness (QED) is 0.611. The summed E-state index contributed by atoms with van der Waals surface area (Å²) in [5, 5.41) is 2.66. The first-order valence-electron chi connectivity index (χ1n) is 5.80. The van der Waals surface area contributed by atoms with E-state index in [0.29, 0.717) is 18.8 Å². The third-order valence-corrected chi connectivity index (χ3v) is 2.39. The van der Waals surface area contributed by atoms with Crippen LogP contribution >= 0.6 is 0 Å². The Hall–Kier alpha value is -2.04. The van der Waals surface area contributed by atoms with Gasteiger partial charge in [0.25, 0.3) is 0 Å². The van der Waals surface area contributed by atoms with Gasteiger partial charge in [-0.1, -0.05) is 6.08 Å². The molecule has 18 heavy (non-hydrogen) atoms. The Morgan fingerprint density at radius 2 is 2.28 bits per heavy atom. The van der Waals surface area contributed by atoms with Gasteiger partial charge in [0.05, 0.1) is 6.61 Å². The molecular formula is C13H18N2O3. The number of nitrogens with zero attached hydrogens (tertiary/aromatic N) is 1. The number of aryl methyl sites for hydroxylation is 1. The molecule has 0 aliphatic carbocycles. The first kappa shape index (κ1) is 14.0. The van der Waals surface area contributed by atoms with Crippen LogP contribution in [0.3, 0.4) is 0 Å². The highest BCUT2D eigenvalue weighted by molar-refractivity contribution is 5.90. The molecule has 0 aliphatic heterocycles. The third-order valence-electron chi connectivity index (χ3n) is 2.39. The smallest absolute Gasteiger partial charge is 0.355 e. The maximum Gasteiger partial charge on any atom is 0.355 e. The van der Waals surface area contributed by atoms with Crippen molar-refractivity contribution in [3.8, 4) is 0 Å². The van der Waals surface area contributed by atoms with Gasteiger partial charge < -0.3 is 14.6 Å². The number of nitrogens with one attached hydrogen (secondary N) is 1. The van der Waals surface area contributed by atoms with E-state index in [2.05, 4.69) is 11.9 Å². The number of carbonyl (C=O) groups is 2. The average molecular weight is 250 g/mol. The SMILES string of the molecule is C=CCNC(=O)Cn1ccc(C)c1C(=O)OCC. The molecule has 0 radical (unpaired) electrons. The van der Waals surface area contributed by atoms with Gasteiger partial charge in [0.2, 0.25) is 5.91 Å². The van der Waals surface area contributed by atoms with E-state index < -0.39 is 5.97 Å². The molecule has 1 heterocycles. The zero-order valence-electron chi connectivity index (χ0n) is 10.7. The van der Waals surface area contributed by atoms with E-state index in [-0.39, 0.29) is 12.5 Å². The number of ether oxygens (including phenoxy) is 1. The van der Waals surface area contributed by atoms with Crippen molar-refractivity contribution in [1.29, 1.82) is 0 Å². The van der Waals surface area contributed by atoms with E-state index in [1.165, 1.54) is 0 Å². The molecule has 1 aromatic rings. The Balaban J connectivity index is 2.80. The Morgan fingerprint density at radius 1 is 1.56 bits per heavy atom. The van der Waals surface area contributed by atoms with E-state index in [1.54, 1.807) is 29.8 Å². The van der Waals surface area contributed by atoms with Crippen molar-refractivity contribution in [2.75, 3.05) is 13.2 Å². The van der Waals surface area contributed by atoms with Gasteiger partial charge in [0.1, 0.15) is 12.2 Å².